The van der Waals surface area contributed by atoms with Gasteiger partial charge in [0.1, 0.15) is 5.56 Å². The summed E-state index contributed by atoms with van der Waals surface area (Å²) in [6.45, 7) is 4.93. The van der Waals surface area contributed by atoms with Gasteiger partial charge in [-0.3, -0.25) is 9.59 Å². The van der Waals surface area contributed by atoms with Gasteiger partial charge in [0.15, 0.2) is 0 Å². The highest BCUT2D eigenvalue weighted by Crippen LogP contribution is 2.04. The van der Waals surface area contributed by atoms with Gasteiger partial charge in [0.25, 0.3) is 11.5 Å². The summed E-state index contributed by atoms with van der Waals surface area (Å²) in [4.78, 5) is 26.3. The van der Waals surface area contributed by atoms with Crippen LogP contribution in [0, 0.1) is 6.92 Å². The van der Waals surface area contributed by atoms with Gasteiger partial charge in [-0.2, -0.15) is 0 Å². The van der Waals surface area contributed by atoms with E-state index in [2.05, 4.69) is 10.3 Å². The smallest absolute Gasteiger partial charge is 0.261 e. The summed E-state index contributed by atoms with van der Waals surface area (Å²) in [5, 5.41) is 2.70. The van der Waals surface area contributed by atoms with Crippen LogP contribution in [0.4, 0.5) is 0 Å². The third-order valence-corrected chi connectivity index (χ3v) is 2.75. The van der Waals surface area contributed by atoms with Crippen molar-refractivity contribution in [2.45, 2.75) is 26.7 Å². The standard InChI is InChI=1S/C13H20N2O3/c1-4-11-9(2)8-10(13(17)15-11)12(16)14-6-5-7-18-3/h8H,4-7H2,1-3H3,(H,14,16)(H,15,17). The van der Waals surface area contributed by atoms with E-state index in [0.717, 1.165) is 24.1 Å². The minimum absolute atomic E-state index is 0.169. The molecule has 100 valence electrons. The summed E-state index contributed by atoms with van der Waals surface area (Å²) in [6.07, 6.45) is 1.48. The Morgan fingerprint density at radius 2 is 2.22 bits per heavy atom. The van der Waals surface area contributed by atoms with Crippen LogP contribution in [-0.2, 0) is 11.2 Å². The van der Waals surface area contributed by atoms with E-state index in [1.54, 1.807) is 13.2 Å². The maximum absolute atomic E-state index is 11.8. The molecule has 1 rings (SSSR count). The number of pyridine rings is 1. The molecule has 2 N–H and O–H groups in total. The summed E-state index contributed by atoms with van der Waals surface area (Å²) in [7, 11) is 1.61. The summed E-state index contributed by atoms with van der Waals surface area (Å²) in [5.41, 5.74) is 1.64. The van der Waals surface area contributed by atoms with Crippen LogP contribution in [0.25, 0.3) is 0 Å². The molecule has 18 heavy (non-hydrogen) atoms. The molecule has 1 heterocycles. The lowest BCUT2D eigenvalue weighted by atomic mass is 10.1. The van der Waals surface area contributed by atoms with Gasteiger partial charge < -0.3 is 15.0 Å². The number of methoxy groups -OCH3 is 1. The Hall–Kier alpha value is -1.62. The second kappa shape index (κ2) is 6.96. The molecule has 0 bridgehead atoms. The molecule has 5 nitrogen and oxygen atoms in total. The van der Waals surface area contributed by atoms with E-state index in [-0.39, 0.29) is 17.0 Å². The molecule has 0 unspecified atom stereocenters. The lowest BCUT2D eigenvalue weighted by molar-refractivity contribution is 0.0947. The summed E-state index contributed by atoms with van der Waals surface area (Å²) in [6, 6.07) is 1.64. The van der Waals surface area contributed by atoms with Crippen molar-refractivity contribution in [3.8, 4) is 0 Å². The van der Waals surface area contributed by atoms with Crippen molar-refractivity contribution in [1.29, 1.82) is 0 Å². The van der Waals surface area contributed by atoms with Gasteiger partial charge >= 0.3 is 0 Å². The number of aryl methyl sites for hydroxylation is 2. The average molecular weight is 252 g/mol. The topological polar surface area (TPSA) is 71.2 Å². The highest BCUT2D eigenvalue weighted by Gasteiger charge is 2.11. The van der Waals surface area contributed by atoms with Crippen molar-refractivity contribution in [3.05, 3.63) is 33.2 Å². The van der Waals surface area contributed by atoms with E-state index in [4.69, 9.17) is 4.74 Å². The first-order valence-corrected chi connectivity index (χ1v) is 6.10. The second-order valence-corrected chi connectivity index (χ2v) is 4.13. The number of hydrogen-bond acceptors (Lipinski definition) is 3. The molecule has 0 aromatic carbocycles. The molecular formula is C13H20N2O3. The third-order valence-electron chi connectivity index (χ3n) is 2.75. The number of aromatic nitrogens is 1. The Morgan fingerprint density at radius 3 is 2.83 bits per heavy atom. The Kier molecular flexibility index (Phi) is 5.58. The number of carbonyl (C=O) groups excluding carboxylic acids is 1. The SMILES string of the molecule is CCc1[nH]c(=O)c(C(=O)NCCCOC)cc1C. The second-order valence-electron chi connectivity index (χ2n) is 4.13. The average Bonchev–Trinajstić information content (AvgIpc) is 2.36. The van der Waals surface area contributed by atoms with Crippen molar-refractivity contribution in [2.75, 3.05) is 20.3 Å². The van der Waals surface area contributed by atoms with Crippen molar-refractivity contribution in [1.82, 2.24) is 10.3 Å². The van der Waals surface area contributed by atoms with Crippen LogP contribution in [-0.4, -0.2) is 31.2 Å². The molecule has 0 saturated heterocycles. The number of aromatic amines is 1. The predicted molar refractivity (Wildman–Crippen MR) is 70.0 cm³/mol. The highest BCUT2D eigenvalue weighted by atomic mass is 16.5. The van der Waals surface area contributed by atoms with Crippen LogP contribution >= 0.6 is 0 Å². The van der Waals surface area contributed by atoms with Crippen LogP contribution in [0.15, 0.2) is 10.9 Å². The zero-order valence-electron chi connectivity index (χ0n) is 11.1. The van der Waals surface area contributed by atoms with Gasteiger partial charge in [-0.05, 0) is 31.4 Å². The number of H-pyrrole nitrogens is 1. The number of hydrogen-bond donors (Lipinski definition) is 2. The van der Waals surface area contributed by atoms with E-state index in [0.29, 0.717) is 13.2 Å². The molecule has 1 amide bonds. The number of nitrogens with one attached hydrogen (secondary N) is 2. The minimum Gasteiger partial charge on any atom is -0.385 e. The molecule has 5 heteroatoms. The zero-order valence-corrected chi connectivity index (χ0v) is 11.1. The molecule has 1 aromatic heterocycles. The molecule has 0 spiro atoms. The fourth-order valence-electron chi connectivity index (χ4n) is 1.72. The lowest BCUT2D eigenvalue weighted by Crippen LogP contribution is -2.31. The third kappa shape index (κ3) is 3.70. The molecule has 0 fully saturated rings. The van der Waals surface area contributed by atoms with E-state index in [9.17, 15) is 9.59 Å². The van der Waals surface area contributed by atoms with E-state index >= 15 is 0 Å². The Balaban J connectivity index is 2.74. The van der Waals surface area contributed by atoms with Crippen LogP contribution in [0.2, 0.25) is 0 Å². The monoisotopic (exact) mass is 252 g/mol. The number of rotatable bonds is 6. The van der Waals surface area contributed by atoms with E-state index < -0.39 is 0 Å². The molecule has 1 aromatic rings. The Morgan fingerprint density at radius 1 is 1.50 bits per heavy atom. The highest BCUT2D eigenvalue weighted by molar-refractivity contribution is 5.93. The van der Waals surface area contributed by atoms with Crippen molar-refractivity contribution >= 4 is 5.91 Å². The summed E-state index contributed by atoms with van der Waals surface area (Å²) >= 11 is 0. The number of carbonyl (C=O) groups is 1. The largest absolute Gasteiger partial charge is 0.385 e. The quantitative estimate of drug-likeness (QED) is 0.742. The van der Waals surface area contributed by atoms with Crippen LogP contribution in [0.5, 0.6) is 0 Å². The van der Waals surface area contributed by atoms with Gasteiger partial charge in [0.2, 0.25) is 0 Å². The molecular weight excluding hydrogens is 232 g/mol. The first kappa shape index (κ1) is 14.4. The van der Waals surface area contributed by atoms with Crippen LogP contribution < -0.4 is 10.9 Å². The normalized spacial score (nSPS) is 10.4. The fourth-order valence-corrected chi connectivity index (χ4v) is 1.72. The van der Waals surface area contributed by atoms with Crippen LogP contribution in [0.1, 0.15) is 35.0 Å². The van der Waals surface area contributed by atoms with E-state index in [1.165, 1.54) is 0 Å². The van der Waals surface area contributed by atoms with Gasteiger partial charge in [0.05, 0.1) is 0 Å². The maximum Gasteiger partial charge on any atom is 0.261 e. The van der Waals surface area contributed by atoms with Crippen molar-refractivity contribution < 1.29 is 9.53 Å². The molecule has 0 aliphatic heterocycles. The summed E-state index contributed by atoms with van der Waals surface area (Å²) in [5.74, 6) is -0.335. The summed E-state index contributed by atoms with van der Waals surface area (Å²) < 4.78 is 4.88. The first-order chi connectivity index (χ1) is 8.60. The van der Waals surface area contributed by atoms with Crippen molar-refractivity contribution in [2.24, 2.45) is 0 Å². The molecule has 0 atom stereocenters. The van der Waals surface area contributed by atoms with Crippen LogP contribution in [0.3, 0.4) is 0 Å². The molecule has 0 aliphatic rings. The van der Waals surface area contributed by atoms with E-state index in [1.807, 2.05) is 13.8 Å². The fraction of sp³-hybridized carbons (Fsp3) is 0.538. The molecule has 0 saturated carbocycles. The number of ether oxygens (including phenoxy) is 1. The molecule has 0 aliphatic carbocycles. The van der Waals surface area contributed by atoms with Gasteiger partial charge in [0, 0.05) is 26.0 Å². The number of amides is 1. The first-order valence-electron chi connectivity index (χ1n) is 6.10. The van der Waals surface area contributed by atoms with Crippen molar-refractivity contribution in [3.63, 3.8) is 0 Å². The van der Waals surface area contributed by atoms with Gasteiger partial charge in [-0.1, -0.05) is 6.92 Å². The Bertz CT molecular complexity index is 466. The van der Waals surface area contributed by atoms with Gasteiger partial charge in [-0.25, -0.2) is 0 Å². The minimum atomic E-state index is -0.335. The zero-order chi connectivity index (χ0) is 13.5. The Labute approximate surface area is 107 Å². The predicted octanol–water partition coefficient (Wildman–Crippen LogP) is 1.01. The maximum atomic E-state index is 11.8. The lowest BCUT2D eigenvalue weighted by Gasteiger charge is -2.07. The van der Waals surface area contributed by atoms with Gasteiger partial charge in [-0.15, -0.1) is 0 Å². The molecule has 0 radical (unpaired) electrons.